The van der Waals surface area contributed by atoms with Crippen molar-refractivity contribution in [1.82, 2.24) is 10.3 Å². The molecule has 0 bridgehead atoms. The molecular formula is C20H20N2O2S. The number of thiazole rings is 1. The first-order valence-corrected chi connectivity index (χ1v) is 8.91. The Morgan fingerprint density at radius 2 is 1.76 bits per heavy atom. The van der Waals surface area contributed by atoms with Crippen molar-refractivity contribution in [2.75, 3.05) is 7.11 Å². The molecule has 0 unspecified atom stereocenters. The summed E-state index contributed by atoms with van der Waals surface area (Å²) in [6.45, 7) is 3.11. The first-order chi connectivity index (χ1) is 12.2. The smallest absolute Gasteiger partial charge is 0.271 e. The largest absolute Gasteiger partial charge is 0.380 e. The summed E-state index contributed by atoms with van der Waals surface area (Å²) < 4.78 is 5.09. The highest BCUT2D eigenvalue weighted by Crippen LogP contribution is 2.24. The first kappa shape index (κ1) is 17.3. The fourth-order valence-corrected chi connectivity index (χ4v) is 3.21. The zero-order valence-corrected chi connectivity index (χ0v) is 15.1. The van der Waals surface area contributed by atoms with Crippen LogP contribution >= 0.6 is 11.3 Å². The molecule has 1 aromatic heterocycles. The molecule has 0 saturated heterocycles. The molecule has 1 heterocycles. The van der Waals surface area contributed by atoms with Crippen LogP contribution in [0.4, 0.5) is 0 Å². The number of benzene rings is 2. The van der Waals surface area contributed by atoms with Crippen molar-refractivity contribution in [3.05, 3.63) is 76.3 Å². The predicted molar refractivity (Wildman–Crippen MR) is 101 cm³/mol. The molecule has 0 aliphatic heterocycles. The third-order valence-electron chi connectivity index (χ3n) is 3.82. The quantitative estimate of drug-likeness (QED) is 0.723. The minimum Gasteiger partial charge on any atom is -0.380 e. The number of rotatable bonds is 6. The lowest BCUT2D eigenvalue weighted by molar-refractivity contribution is 0.0946. The third-order valence-corrected chi connectivity index (χ3v) is 4.71. The minimum absolute atomic E-state index is 0.157. The monoisotopic (exact) mass is 352 g/mol. The van der Waals surface area contributed by atoms with Crippen LogP contribution in [0.5, 0.6) is 0 Å². The summed E-state index contributed by atoms with van der Waals surface area (Å²) in [5.74, 6) is -0.157. The number of amides is 1. The number of methoxy groups -OCH3 is 1. The van der Waals surface area contributed by atoms with Gasteiger partial charge in [0, 0.05) is 24.6 Å². The molecule has 0 aliphatic rings. The maximum Gasteiger partial charge on any atom is 0.271 e. The van der Waals surface area contributed by atoms with E-state index in [4.69, 9.17) is 4.74 Å². The van der Waals surface area contributed by atoms with Crippen molar-refractivity contribution in [2.24, 2.45) is 0 Å². The second-order valence-corrected chi connectivity index (χ2v) is 6.69. The van der Waals surface area contributed by atoms with Crippen LogP contribution in [0.15, 0.2) is 53.9 Å². The highest BCUT2D eigenvalue weighted by atomic mass is 32.1. The molecule has 3 rings (SSSR count). The van der Waals surface area contributed by atoms with Crippen LogP contribution in [-0.4, -0.2) is 18.0 Å². The normalized spacial score (nSPS) is 10.6. The van der Waals surface area contributed by atoms with Gasteiger partial charge in [-0.15, -0.1) is 11.3 Å². The average molecular weight is 352 g/mol. The van der Waals surface area contributed by atoms with E-state index in [1.807, 2.05) is 55.5 Å². The molecule has 5 heteroatoms. The number of aromatic nitrogens is 1. The van der Waals surface area contributed by atoms with Crippen molar-refractivity contribution in [2.45, 2.75) is 20.1 Å². The van der Waals surface area contributed by atoms with E-state index in [0.717, 1.165) is 21.7 Å². The van der Waals surface area contributed by atoms with Crippen LogP contribution in [0.2, 0.25) is 0 Å². The van der Waals surface area contributed by atoms with Crippen LogP contribution in [0, 0.1) is 6.92 Å². The summed E-state index contributed by atoms with van der Waals surface area (Å²) in [4.78, 5) is 16.8. The summed E-state index contributed by atoms with van der Waals surface area (Å²) in [7, 11) is 1.67. The van der Waals surface area contributed by atoms with Gasteiger partial charge in [0.05, 0.1) is 6.61 Å². The van der Waals surface area contributed by atoms with E-state index in [2.05, 4.69) is 10.3 Å². The molecule has 2 aromatic carbocycles. The van der Waals surface area contributed by atoms with Crippen LogP contribution in [0.1, 0.15) is 27.2 Å². The Balaban J connectivity index is 1.61. The summed E-state index contributed by atoms with van der Waals surface area (Å²) in [5, 5.41) is 5.57. The van der Waals surface area contributed by atoms with Crippen molar-refractivity contribution >= 4 is 17.2 Å². The Kier molecular flexibility index (Phi) is 5.58. The molecule has 3 aromatic rings. The number of carbonyl (C=O) groups is 1. The van der Waals surface area contributed by atoms with Gasteiger partial charge in [0.2, 0.25) is 0 Å². The number of nitrogens with zero attached hydrogens (tertiary/aromatic N) is 1. The summed E-state index contributed by atoms with van der Waals surface area (Å²) in [6.07, 6.45) is 0. The summed E-state index contributed by atoms with van der Waals surface area (Å²) in [5.41, 5.74) is 4.84. The molecule has 1 amide bonds. The van der Waals surface area contributed by atoms with Gasteiger partial charge in [-0.3, -0.25) is 4.79 Å². The molecule has 0 radical (unpaired) electrons. The molecule has 128 valence electrons. The van der Waals surface area contributed by atoms with Gasteiger partial charge in [0.25, 0.3) is 5.91 Å². The Morgan fingerprint density at radius 3 is 2.44 bits per heavy atom. The maximum absolute atomic E-state index is 12.3. The Bertz CT molecular complexity index is 839. The van der Waals surface area contributed by atoms with E-state index in [9.17, 15) is 4.79 Å². The van der Waals surface area contributed by atoms with Gasteiger partial charge in [-0.25, -0.2) is 4.98 Å². The summed E-state index contributed by atoms with van der Waals surface area (Å²) >= 11 is 1.48. The molecule has 0 saturated carbocycles. The minimum atomic E-state index is -0.157. The zero-order valence-electron chi connectivity index (χ0n) is 14.3. The number of carbonyl (C=O) groups excluding carboxylic acids is 1. The van der Waals surface area contributed by atoms with Gasteiger partial charge in [-0.1, -0.05) is 54.1 Å². The molecule has 1 N–H and O–H groups in total. The van der Waals surface area contributed by atoms with Crippen molar-refractivity contribution in [1.29, 1.82) is 0 Å². The Labute approximate surface area is 151 Å². The van der Waals surface area contributed by atoms with E-state index in [-0.39, 0.29) is 5.91 Å². The second-order valence-electron chi connectivity index (χ2n) is 5.84. The molecule has 0 aliphatic carbocycles. The second kappa shape index (κ2) is 8.05. The van der Waals surface area contributed by atoms with Crippen LogP contribution in [0.25, 0.3) is 10.6 Å². The standard InChI is InChI=1S/C20H20N2O2S/c1-14-3-9-17(10-4-14)20-22-18(13-25-20)19(23)21-11-15-5-7-16(8-6-15)12-24-2/h3-10,13H,11-12H2,1-2H3,(H,21,23). The van der Waals surface area contributed by atoms with Crippen molar-refractivity contribution in [3.8, 4) is 10.6 Å². The van der Waals surface area contributed by atoms with Gasteiger partial charge >= 0.3 is 0 Å². The maximum atomic E-state index is 12.3. The molecule has 0 atom stereocenters. The summed E-state index contributed by atoms with van der Waals surface area (Å²) in [6, 6.07) is 16.1. The highest BCUT2D eigenvalue weighted by molar-refractivity contribution is 7.13. The van der Waals surface area contributed by atoms with E-state index >= 15 is 0 Å². The lowest BCUT2D eigenvalue weighted by atomic mass is 10.1. The van der Waals surface area contributed by atoms with Crippen LogP contribution in [-0.2, 0) is 17.9 Å². The van der Waals surface area contributed by atoms with Crippen LogP contribution < -0.4 is 5.32 Å². The van der Waals surface area contributed by atoms with Crippen LogP contribution in [0.3, 0.4) is 0 Å². The number of aryl methyl sites for hydroxylation is 1. The van der Waals surface area contributed by atoms with E-state index in [0.29, 0.717) is 18.8 Å². The Hall–Kier alpha value is -2.50. The molecule has 4 nitrogen and oxygen atoms in total. The predicted octanol–water partition coefficient (Wildman–Crippen LogP) is 4.19. The molecular weight excluding hydrogens is 332 g/mol. The first-order valence-electron chi connectivity index (χ1n) is 8.03. The SMILES string of the molecule is COCc1ccc(CNC(=O)c2csc(-c3ccc(C)cc3)n2)cc1. The Morgan fingerprint density at radius 1 is 1.08 bits per heavy atom. The van der Waals surface area contributed by atoms with Crippen molar-refractivity contribution in [3.63, 3.8) is 0 Å². The fourth-order valence-electron chi connectivity index (χ4n) is 2.40. The van der Waals surface area contributed by atoms with E-state index in [1.54, 1.807) is 12.5 Å². The highest BCUT2D eigenvalue weighted by Gasteiger charge is 2.11. The van der Waals surface area contributed by atoms with Gasteiger partial charge in [-0.2, -0.15) is 0 Å². The number of nitrogens with one attached hydrogen (secondary N) is 1. The molecule has 0 spiro atoms. The lowest BCUT2D eigenvalue weighted by Crippen LogP contribution is -2.23. The van der Waals surface area contributed by atoms with Crippen molar-refractivity contribution < 1.29 is 9.53 Å². The number of hydrogen-bond donors (Lipinski definition) is 1. The van der Waals surface area contributed by atoms with Gasteiger partial charge in [0.1, 0.15) is 10.7 Å². The third kappa shape index (κ3) is 4.53. The molecule has 0 fully saturated rings. The lowest BCUT2D eigenvalue weighted by Gasteiger charge is -2.05. The fraction of sp³-hybridized carbons (Fsp3) is 0.200. The number of ether oxygens (including phenoxy) is 1. The van der Waals surface area contributed by atoms with Gasteiger partial charge in [0.15, 0.2) is 0 Å². The van der Waals surface area contributed by atoms with Gasteiger partial charge in [-0.05, 0) is 18.1 Å². The number of hydrogen-bond acceptors (Lipinski definition) is 4. The molecule has 25 heavy (non-hydrogen) atoms. The zero-order chi connectivity index (χ0) is 17.6. The van der Waals surface area contributed by atoms with Gasteiger partial charge < -0.3 is 10.1 Å². The average Bonchev–Trinajstić information content (AvgIpc) is 3.12. The topological polar surface area (TPSA) is 51.2 Å². The van der Waals surface area contributed by atoms with E-state index < -0.39 is 0 Å². The van der Waals surface area contributed by atoms with E-state index in [1.165, 1.54) is 16.9 Å².